The molecule has 4 aromatic rings. The first-order chi connectivity index (χ1) is 18.3. The fourth-order valence-electron chi connectivity index (χ4n) is 5.34. The zero-order chi connectivity index (χ0) is 27.0. The van der Waals surface area contributed by atoms with Gasteiger partial charge in [0.1, 0.15) is 17.2 Å². The molecular weight excluding hydrogens is 482 g/mol. The number of amides is 1. The molecule has 1 aliphatic carbocycles. The van der Waals surface area contributed by atoms with E-state index in [1.54, 1.807) is 44.7 Å². The number of nitrogens with zero attached hydrogens (tertiary/aromatic N) is 5. The lowest BCUT2D eigenvalue weighted by molar-refractivity contribution is 0.0983. The van der Waals surface area contributed by atoms with E-state index >= 15 is 0 Å². The number of hydrogen-bond donors (Lipinski definition) is 3. The van der Waals surface area contributed by atoms with Gasteiger partial charge >= 0.3 is 0 Å². The smallest absolute Gasteiger partial charge is 0.275 e. The molecule has 5 rings (SSSR count). The summed E-state index contributed by atoms with van der Waals surface area (Å²) in [6, 6.07) is 7.33. The van der Waals surface area contributed by atoms with Crippen molar-refractivity contribution < 1.29 is 9.90 Å². The number of anilines is 3. The van der Waals surface area contributed by atoms with E-state index < -0.39 is 0 Å². The Balaban J connectivity index is 1.54. The fraction of sp³-hybridized carbons (Fsp3) is 0.357. The third-order valence-electron chi connectivity index (χ3n) is 7.22. The van der Waals surface area contributed by atoms with Crippen molar-refractivity contribution in [3.05, 3.63) is 75.2 Å². The number of aliphatic hydroxyl groups is 1. The molecule has 1 amide bonds. The number of carbonyl (C=O) groups excluding carboxylic acids is 1. The van der Waals surface area contributed by atoms with Crippen LogP contribution >= 0.6 is 0 Å². The van der Waals surface area contributed by atoms with E-state index in [2.05, 4.69) is 32.0 Å². The zero-order valence-corrected chi connectivity index (χ0v) is 22.2. The van der Waals surface area contributed by atoms with Crippen molar-refractivity contribution in [2.45, 2.75) is 52.7 Å². The van der Waals surface area contributed by atoms with Gasteiger partial charge in [-0.2, -0.15) is 5.10 Å². The van der Waals surface area contributed by atoms with Crippen molar-refractivity contribution in [2.24, 2.45) is 7.05 Å². The largest absolute Gasteiger partial charge is 0.392 e. The Morgan fingerprint density at radius 3 is 2.74 bits per heavy atom. The zero-order valence-electron chi connectivity index (χ0n) is 22.2. The lowest BCUT2D eigenvalue weighted by atomic mass is 9.98. The quantitative estimate of drug-likeness (QED) is 0.345. The van der Waals surface area contributed by atoms with Crippen LogP contribution in [0.4, 0.5) is 17.3 Å². The summed E-state index contributed by atoms with van der Waals surface area (Å²) in [5.41, 5.74) is 6.00. The maximum absolute atomic E-state index is 13.7. The van der Waals surface area contributed by atoms with Crippen LogP contribution in [0.1, 0.15) is 52.8 Å². The summed E-state index contributed by atoms with van der Waals surface area (Å²) in [6.45, 7) is 4.32. The second kappa shape index (κ2) is 10.3. The Bertz CT molecular complexity index is 1560. The van der Waals surface area contributed by atoms with Gasteiger partial charge in [0, 0.05) is 61.6 Å². The number of rotatable bonds is 7. The van der Waals surface area contributed by atoms with E-state index in [1.807, 2.05) is 13.0 Å². The minimum Gasteiger partial charge on any atom is -0.392 e. The predicted octanol–water partition coefficient (Wildman–Crippen LogP) is 3.69. The highest BCUT2D eigenvalue weighted by Gasteiger charge is 2.26. The van der Waals surface area contributed by atoms with Crippen molar-refractivity contribution >= 4 is 23.2 Å². The van der Waals surface area contributed by atoms with Crippen molar-refractivity contribution in [3.8, 4) is 11.1 Å². The first-order valence-corrected chi connectivity index (χ1v) is 12.9. The van der Waals surface area contributed by atoms with E-state index in [4.69, 9.17) is 0 Å². The summed E-state index contributed by atoms with van der Waals surface area (Å²) in [4.78, 5) is 32.6. The van der Waals surface area contributed by atoms with Gasteiger partial charge in [-0.15, -0.1) is 0 Å². The van der Waals surface area contributed by atoms with Gasteiger partial charge < -0.3 is 19.6 Å². The molecule has 0 aliphatic heterocycles. The minimum atomic E-state index is -0.328. The van der Waals surface area contributed by atoms with Crippen LogP contribution in [0.5, 0.6) is 0 Å². The second-order valence-corrected chi connectivity index (χ2v) is 9.76. The number of pyridine rings is 2. The highest BCUT2D eigenvalue weighted by Crippen LogP contribution is 2.32. The van der Waals surface area contributed by atoms with Gasteiger partial charge in [-0.3, -0.25) is 19.6 Å². The molecule has 10 heteroatoms. The van der Waals surface area contributed by atoms with Gasteiger partial charge in [-0.05, 0) is 68.9 Å². The van der Waals surface area contributed by atoms with Crippen LogP contribution < -0.4 is 15.8 Å². The van der Waals surface area contributed by atoms with E-state index in [1.165, 1.54) is 20.7 Å². The molecule has 0 atom stereocenters. The molecule has 10 nitrogen and oxygen atoms in total. The SMILES string of the molecule is CCn1c(C(=O)N(C)c2nccc(-c3cc(Nc4cc(C)[nH]n4)c(=O)n(C)c3)c2CO)cc2c1CCCC2. The van der Waals surface area contributed by atoms with Gasteiger partial charge in [0.05, 0.1) is 6.61 Å². The van der Waals surface area contributed by atoms with E-state index in [-0.39, 0.29) is 18.1 Å². The lowest BCUT2D eigenvalue weighted by Gasteiger charge is -2.22. The molecule has 0 radical (unpaired) electrons. The van der Waals surface area contributed by atoms with Gasteiger partial charge in [0.25, 0.3) is 11.5 Å². The molecule has 0 spiro atoms. The van der Waals surface area contributed by atoms with Crippen LogP contribution in [0.3, 0.4) is 0 Å². The monoisotopic (exact) mass is 515 g/mol. The molecule has 0 bridgehead atoms. The average Bonchev–Trinajstić information content (AvgIpc) is 3.52. The van der Waals surface area contributed by atoms with Gasteiger partial charge in [-0.1, -0.05) is 0 Å². The minimum absolute atomic E-state index is 0.169. The molecule has 1 aliphatic rings. The fourth-order valence-corrected chi connectivity index (χ4v) is 5.34. The highest BCUT2D eigenvalue weighted by molar-refractivity contribution is 6.05. The van der Waals surface area contributed by atoms with Gasteiger partial charge in [-0.25, -0.2) is 4.98 Å². The topological polar surface area (TPSA) is 121 Å². The van der Waals surface area contributed by atoms with Crippen molar-refractivity contribution in [1.29, 1.82) is 0 Å². The van der Waals surface area contributed by atoms with E-state index in [0.717, 1.165) is 31.4 Å². The molecule has 0 saturated carbocycles. The van der Waals surface area contributed by atoms with Crippen molar-refractivity contribution in [2.75, 3.05) is 17.3 Å². The molecule has 0 aromatic carbocycles. The summed E-state index contributed by atoms with van der Waals surface area (Å²) in [5.74, 6) is 0.738. The summed E-state index contributed by atoms with van der Waals surface area (Å²) < 4.78 is 3.59. The van der Waals surface area contributed by atoms with Crippen LogP contribution in [0.25, 0.3) is 11.1 Å². The first kappa shape index (κ1) is 25.5. The maximum Gasteiger partial charge on any atom is 0.275 e. The van der Waals surface area contributed by atoms with Crippen molar-refractivity contribution in [1.82, 2.24) is 24.3 Å². The molecule has 198 valence electrons. The molecule has 3 N–H and O–H groups in total. The maximum atomic E-state index is 13.7. The van der Waals surface area contributed by atoms with Crippen LogP contribution in [0.15, 0.2) is 41.5 Å². The Kier molecular flexibility index (Phi) is 6.90. The summed E-state index contributed by atoms with van der Waals surface area (Å²) in [5, 5.41) is 20.5. The Hall–Kier alpha value is -4.18. The highest BCUT2D eigenvalue weighted by atomic mass is 16.3. The summed E-state index contributed by atoms with van der Waals surface area (Å²) in [6.07, 6.45) is 7.57. The second-order valence-electron chi connectivity index (χ2n) is 9.76. The first-order valence-electron chi connectivity index (χ1n) is 12.9. The van der Waals surface area contributed by atoms with E-state index in [9.17, 15) is 14.7 Å². The number of H-pyrrole nitrogens is 1. The molecule has 4 heterocycles. The number of aromatic amines is 1. The number of carbonyl (C=O) groups is 1. The van der Waals surface area contributed by atoms with Crippen LogP contribution in [0, 0.1) is 6.92 Å². The molecular formula is C28H33N7O3. The average molecular weight is 516 g/mol. The molecule has 0 saturated heterocycles. The lowest BCUT2D eigenvalue weighted by Crippen LogP contribution is -2.30. The number of aliphatic hydroxyl groups excluding tert-OH is 1. The number of aryl methyl sites for hydroxylation is 3. The van der Waals surface area contributed by atoms with Crippen LogP contribution in [0.2, 0.25) is 0 Å². The molecule has 0 fully saturated rings. The third-order valence-corrected chi connectivity index (χ3v) is 7.22. The Morgan fingerprint density at radius 2 is 2.03 bits per heavy atom. The van der Waals surface area contributed by atoms with E-state index in [0.29, 0.717) is 46.3 Å². The molecule has 0 unspecified atom stereocenters. The number of fused-ring (bicyclic) bond motifs is 1. The summed E-state index contributed by atoms with van der Waals surface area (Å²) >= 11 is 0. The Labute approximate surface area is 221 Å². The summed E-state index contributed by atoms with van der Waals surface area (Å²) in [7, 11) is 3.36. The van der Waals surface area contributed by atoms with Gasteiger partial charge in [0.2, 0.25) is 0 Å². The van der Waals surface area contributed by atoms with Crippen LogP contribution in [-0.4, -0.2) is 42.4 Å². The number of nitrogens with one attached hydrogen (secondary N) is 2. The number of aromatic nitrogens is 5. The standard InChI is InChI=1S/C28H33N7O3/c1-5-35-23-9-7-6-8-18(23)14-24(35)28(38)34(4)26-21(16-36)20(10-11-29-26)19-13-22(27(37)33(3)15-19)30-25-12-17(2)31-32-25/h10-15,36H,5-9,16H2,1-4H3,(H2,30,31,32). The van der Waals surface area contributed by atoms with Crippen molar-refractivity contribution in [3.63, 3.8) is 0 Å². The number of hydrogen-bond acceptors (Lipinski definition) is 6. The van der Waals surface area contributed by atoms with Gasteiger partial charge in [0.15, 0.2) is 5.82 Å². The normalized spacial score (nSPS) is 12.9. The molecule has 38 heavy (non-hydrogen) atoms. The van der Waals surface area contributed by atoms with Crippen LogP contribution in [-0.2, 0) is 33.0 Å². The Morgan fingerprint density at radius 1 is 1.24 bits per heavy atom. The third kappa shape index (κ3) is 4.51. The predicted molar refractivity (Wildman–Crippen MR) is 147 cm³/mol. The molecule has 4 aromatic heterocycles.